The van der Waals surface area contributed by atoms with Gasteiger partial charge in [-0.2, -0.15) is 0 Å². The smallest absolute Gasteiger partial charge is 0.274 e. The SMILES string of the molecule is CCN(CC)CCN1C(=O)C(c2ccccc2)Oc2cccnc21. The van der Waals surface area contributed by atoms with Crippen LogP contribution in [0, 0.1) is 0 Å². The molecule has 0 spiro atoms. The van der Waals surface area contributed by atoms with Crippen LogP contribution in [0.2, 0.25) is 0 Å². The maximum atomic E-state index is 13.0. The Morgan fingerprint density at radius 2 is 1.88 bits per heavy atom. The van der Waals surface area contributed by atoms with Gasteiger partial charge in [0.05, 0.1) is 0 Å². The van der Waals surface area contributed by atoms with Crippen LogP contribution in [-0.4, -0.2) is 42.0 Å². The Balaban J connectivity index is 1.89. The number of aromatic nitrogens is 1. The number of benzene rings is 1. The number of ether oxygens (including phenoxy) is 1. The largest absolute Gasteiger partial charge is 0.472 e. The van der Waals surface area contributed by atoms with E-state index in [-0.39, 0.29) is 5.91 Å². The predicted molar refractivity (Wildman–Crippen MR) is 94.2 cm³/mol. The van der Waals surface area contributed by atoms with Gasteiger partial charge in [0.15, 0.2) is 11.6 Å². The molecule has 24 heavy (non-hydrogen) atoms. The number of rotatable bonds is 6. The van der Waals surface area contributed by atoms with Crippen molar-refractivity contribution in [2.45, 2.75) is 20.0 Å². The van der Waals surface area contributed by atoms with Gasteiger partial charge in [0.2, 0.25) is 6.10 Å². The van der Waals surface area contributed by atoms with Crippen molar-refractivity contribution in [2.75, 3.05) is 31.1 Å². The highest BCUT2D eigenvalue weighted by Gasteiger charge is 2.36. The van der Waals surface area contributed by atoms with E-state index in [0.717, 1.165) is 25.2 Å². The van der Waals surface area contributed by atoms with E-state index in [4.69, 9.17) is 4.74 Å². The fourth-order valence-electron chi connectivity index (χ4n) is 2.94. The molecule has 1 aromatic heterocycles. The lowest BCUT2D eigenvalue weighted by Crippen LogP contribution is -2.45. The summed E-state index contributed by atoms with van der Waals surface area (Å²) < 4.78 is 5.95. The second-order valence-corrected chi connectivity index (χ2v) is 5.75. The number of fused-ring (bicyclic) bond motifs is 1. The molecular formula is C19H23N3O2. The molecule has 0 fully saturated rings. The van der Waals surface area contributed by atoms with Crippen LogP contribution in [0.3, 0.4) is 0 Å². The molecule has 1 amide bonds. The molecule has 5 nitrogen and oxygen atoms in total. The topological polar surface area (TPSA) is 45.7 Å². The summed E-state index contributed by atoms with van der Waals surface area (Å²) in [5, 5.41) is 0. The van der Waals surface area contributed by atoms with E-state index in [0.29, 0.717) is 18.1 Å². The molecule has 5 heteroatoms. The summed E-state index contributed by atoms with van der Waals surface area (Å²) in [6.07, 6.45) is 1.09. The number of likely N-dealkylation sites (N-methyl/N-ethyl adjacent to an activating group) is 1. The Bertz CT molecular complexity index is 686. The highest BCUT2D eigenvalue weighted by Crippen LogP contribution is 2.36. The number of hydrogen-bond acceptors (Lipinski definition) is 4. The zero-order chi connectivity index (χ0) is 16.9. The summed E-state index contributed by atoms with van der Waals surface area (Å²) in [6, 6.07) is 13.3. The Morgan fingerprint density at radius 3 is 2.58 bits per heavy atom. The lowest BCUT2D eigenvalue weighted by atomic mass is 10.1. The number of hydrogen-bond donors (Lipinski definition) is 0. The zero-order valence-electron chi connectivity index (χ0n) is 14.2. The van der Waals surface area contributed by atoms with Gasteiger partial charge in [-0.05, 0) is 25.2 Å². The Labute approximate surface area is 142 Å². The molecule has 2 aromatic rings. The number of amides is 1. The van der Waals surface area contributed by atoms with Gasteiger partial charge < -0.3 is 9.64 Å². The van der Waals surface area contributed by atoms with Crippen LogP contribution in [0.15, 0.2) is 48.7 Å². The maximum absolute atomic E-state index is 13.0. The van der Waals surface area contributed by atoms with Crippen LogP contribution in [-0.2, 0) is 4.79 Å². The van der Waals surface area contributed by atoms with Crippen LogP contribution in [0.5, 0.6) is 5.75 Å². The molecular weight excluding hydrogens is 302 g/mol. The summed E-state index contributed by atoms with van der Waals surface area (Å²) >= 11 is 0. The minimum Gasteiger partial charge on any atom is -0.472 e. The van der Waals surface area contributed by atoms with E-state index >= 15 is 0 Å². The van der Waals surface area contributed by atoms with E-state index in [1.807, 2.05) is 42.5 Å². The third kappa shape index (κ3) is 3.26. The number of carbonyl (C=O) groups excluding carboxylic acids is 1. The summed E-state index contributed by atoms with van der Waals surface area (Å²) in [6.45, 7) is 7.61. The molecule has 0 N–H and O–H groups in total. The first-order valence-corrected chi connectivity index (χ1v) is 8.45. The average molecular weight is 325 g/mol. The van der Waals surface area contributed by atoms with Gasteiger partial charge in [0, 0.05) is 24.8 Å². The first kappa shape index (κ1) is 16.5. The van der Waals surface area contributed by atoms with Crippen molar-refractivity contribution in [3.05, 3.63) is 54.2 Å². The number of nitrogens with zero attached hydrogens (tertiary/aromatic N) is 3. The van der Waals surface area contributed by atoms with Crippen molar-refractivity contribution >= 4 is 11.7 Å². The standard InChI is InChI=1S/C19H23N3O2/c1-3-21(4-2)13-14-22-18-16(11-8-12-20-18)24-17(19(22)23)15-9-6-5-7-10-15/h5-12,17H,3-4,13-14H2,1-2H3. The highest BCUT2D eigenvalue weighted by atomic mass is 16.5. The van der Waals surface area contributed by atoms with Crippen molar-refractivity contribution in [3.63, 3.8) is 0 Å². The number of pyridine rings is 1. The molecule has 0 bridgehead atoms. The zero-order valence-corrected chi connectivity index (χ0v) is 14.2. The van der Waals surface area contributed by atoms with Gasteiger partial charge in [-0.15, -0.1) is 0 Å². The van der Waals surface area contributed by atoms with Crippen LogP contribution >= 0.6 is 0 Å². The highest BCUT2D eigenvalue weighted by molar-refractivity contribution is 5.99. The van der Waals surface area contributed by atoms with Crippen LogP contribution in [0.25, 0.3) is 0 Å². The van der Waals surface area contributed by atoms with E-state index in [1.165, 1.54) is 0 Å². The lowest BCUT2D eigenvalue weighted by Gasteiger charge is -2.34. The Hall–Kier alpha value is -2.40. The molecule has 0 saturated carbocycles. The first-order valence-electron chi connectivity index (χ1n) is 8.45. The Morgan fingerprint density at radius 1 is 1.12 bits per heavy atom. The van der Waals surface area contributed by atoms with Crippen molar-refractivity contribution < 1.29 is 9.53 Å². The van der Waals surface area contributed by atoms with Crippen molar-refractivity contribution in [1.29, 1.82) is 0 Å². The van der Waals surface area contributed by atoms with Gasteiger partial charge in [-0.1, -0.05) is 44.2 Å². The van der Waals surface area contributed by atoms with Crippen molar-refractivity contribution in [1.82, 2.24) is 9.88 Å². The molecule has 3 rings (SSSR count). The summed E-state index contributed by atoms with van der Waals surface area (Å²) in [5.74, 6) is 1.21. The molecule has 126 valence electrons. The fourth-order valence-corrected chi connectivity index (χ4v) is 2.94. The monoisotopic (exact) mass is 325 g/mol. The average Bonchev–Trinajstić information content (AvgIpc) is 2.64. The van der Waals surface area contributed by atoms with E-state index in [2.05, 4.69) is 23.7 Å². The van der Waals surface area contributed by atoms with Gasteiger partial charge in [0.1, 0.15) is 0 Å². The fraction of sp³-hybridized carbons (Fsp3) is 0.368. The number of anilines is 1. The third-order valence-electron chi connectivity index (χ3n) is 4.38. The first-order chi connectivity index (χ1) is 11.7. The second-order valence-electron chi connectivity index (χ2n) is 5.75. The molecule has 0 saturated heterocycles. The normalized spacial score (nSPS) is 16.9. The van der Waals surface area contributed by atoms with Gasteiger partial charge in [-0.25, -0.2) is 4.98 Å². The predicted octanol–water partition coefficient (Wildman–Crippen LogP) is 2.89. The van der Waals surface area contributed by atoms with Crippen LogP contribution < -0.4 is 9.64 Å². The summed E-state index contributed by atoms with van der Waals surface area (Å²) in [7, 11) is 0. The molecule has 0 radical (unpaired) electrons. The number of carbonyl (C=O) groups is 1. The molecule has 1 aliphatic heterocycles. The lowest BCUT2D eigenvalue weighted by molar-refractivity contribution is -0.126. The van der Waals surface area contributed by atoms with Crippen molar-refractivity contribution in [2.24, 2.45) is 0 Å². The molecule has 1 aromatic carbocycles. The quantitative estimate of drug-likeness (QED) is 0.819. The summed E-state index contributed by atoms with van der Waals surface area (Å²) in [4.78, 5) is 21.4. The van der Waals surface area contributed by atoms with Crippen molar-refractivity contribution in [3.8, 4) is 5.75 Å². The summed E-state index contributed by atoms with van der Waals surface area (Å²) in [5.41, 5.74) is 0.866. The van der Waals surface area contributed by atoms with Gasteiger partial charge >= 0.3 is 0 Å². The van der Waals surface area contributed by atoms with Crippen LogP contribution in [0.4, 0.5) is 5.82 Å². The molecule has 2 heterocycles. The van der Waals surface area contributed by atoms with E-state index in [1.54, 1.807) is 11.1 Å². The molecule has 1 atom stereocenters. The minimum atomic E-state index is -0.611. The molecule has 1 aliphatic rings. The van der Waals surface area contributed by atoms with Gasteiger partial charge in [-0.3, -0.25) is 9.69 Å². The maximum Gasteiger partial charge on any atom is 0.274 e. The Kier molecular flexibility index (Phi) is 5.11. The molecule has 1 unspecified atom stereocenters. The third-order valence-corrected chi connectivity index (χ3v) is 4.38. The van der Waals surface area contributed by atoms with Gasteiger partial charge in [0.25, 0.3) is 5.91 Å². The van der Waals surface area contributed by atoms with E-state index < -0.39 is 6.10 Å². The van der Waals surface area contributed by atoms with E-state index in [9.17, 15) is 4.79 Å². The second kappa shape index (κ2) is 7.45. The molecule has 0 aliphatic carbocycles. The minimum absolute atomic E-state index is 0.0560. The van der Waals surface area contributed by atoms with Crippen LogP contribution in [0.1, 0.15) is 25.5 Å².